The van der Waals surface area contributed by atoms with Gasteiger partial charge in [-0.2, -0.15) is 0 Å². The van der Waals surface area contributed by atoms with Gasteiger partial charge in [0.05, 0.1) is 60.3 Å². The van der Waals surface area contributed by atoms with Gasteiger partial charge in [0.15, 0.2) is 11.5 Å². The molecular formula is C35H35N7O5. The Morgan fingerprint density at radius 3 is 2.34 bits per heavy atom. The largest absolute Gasteiger partial charge is 0.491 e. The van der Waals surface area contributed by atoms with Crippen LogP contribution in [0.3, 0.4) is 0 Å². The number of anilines is 1. The summed E-state index contributed by atoms with van der Waals surface area (Å²) >= 11 is 0. The number of amides is 2. The lowest BCUT2D eigenvalue weighted by molar-refractivity contribution is -0.145. The highest BCUT2D eigenvalue weighted by atomic mass is 16.7. The Morgan fingerprint density at radius 1 is 1.04 bits per heavy atom. The molecule has 12 heteroatoms. The molecule has 4 aromatic rings. The average molecular weight is 634 g/mol. The van der Waals surface area contributed by atoms with E-state index >= 15 is 0 Å². The number of nitrogens with zero attached hydrogens (tertiary/aromatic N) is 5. The van der Waals surface area contributed by atoms with Crippen LogP contribution in [-0.2, 0) is 24.6 Å². The number of hydrogen-bond donors (Lipinski definition) is 2. The zero-order valence-corrected chi connectivity index (χ0v) is 27.0. The number of imidazole rings is 1. The number of fused-ring (bicyclic) bond motifs is 3. The molecule has 3 aliphatic rings. The SMILES string of the molecule is C=CC(C)(C)[C@]12C=C(OC)C(=O)N3/C(=C/c4cnc[nH]4)C(=O)N[C@@]31N(OC)c1ccccc12.CC(=O)c1nc2ccccc2nc1C. The van der Waals surface area contributed by atoms with E-state index in [9.17, 15) is 14.4 Å². The van der Waals surface area contributed by atoms with Gasteiger partial charge in [0.1, 0.15) is 11.4 Å². The summed E-state index contributed by atoms with van der Waals surface area (Å²) < 4.78 is 5.57. The molecule has 1 fully saturated rings. The smallest absolute Gasteiger partial charge is 0.296 e. The predicted octanol–water partition coefficient (Wildman–Crippen LogP) is 4.58. The average Bonchev–Trinajstić information content (AvgIpc) is 3.74. The van der Waals surface area contributed by atoms with E-state index in [1.807, 2.05) is 68.5 Å². The maximum atomic E-state index is 13.8. The van der Waals surface area contributed by atoms with E-state index < -0.39 is 28.4 Å². The van der Waals surface area contributed by atoms with E-state index in [0.29, 0.717) is 17.1 Å². The monoisotopic (exact) mass is 633 g/mol. The molecule has 47 heavy (non-hydrogen) atoms. The second-order valence-corrected chi connectivity index (χ2v) is 11.9. The summed E-state index contributed by atoms with van der Waals surface area (Å²) in [7, 11) is 2.97. The highest BCUT2D eigenvalue weighted by Gasteiger charge is 2.77. The first-order valence-corrected chi connectivity index (χ1v) is 14.9. The third-order valence-corrected chi connectivity index (χ3v) is 9.06. The predicted molar refractivity (Wildman–Crippen MR) is 175 cm³/mol. The number of carbonyl (C=O) groups is 3. The first-order valence-electron chi connectivity index (χ1n) is 14.9. The number of H-pyrrole nitrogens is 1. The van der Waals surface area contributed by atoms with Gasteiger partial charge in [-0.1, -0.05) is 50.3 Å². The Kier molecular flexibility index (Phi) is 7.55. The van der Waals surface area contributed by atoms with Crippen molar-refractivity contribution < 1.29 is 24.0 Å². The maximum absolute atomic E-state index is 13.8. The molecule has 2 amide bonds. The van der Waals surface area contributed by atoms with Crippen LogP contribution < -0.4 is 10.4 Å². The van der Waals surface area contributed by atoms with Crippen molar-refractivity contribution in [1.29, 1.82) is 0 Å². The molecule has 0 bridgehead atoms. The van der Waals surface area contributed by atoms with E-state index in [1.54, 1.807) is 30.3 Å². The van der Waals surface area contributed by atoms with Crippen LogP contribution in [-0.4, -0.2) is 62.4 Å². The van der Waals surface area contributed by atoms with Crippen molar-refractivity contribution in [3.05, 3.63) is 114 Å². The van der Waals surface area contributed by atoms with Crippen LogP contribution in [0.5, 0.6) is 0 Å². The van der Waals surface area contributed by atoms with Crippen LogP contribution in [0.25, 0.3) is 17.1 Å². The summed E-state index contributed by atoms with van der Waals surface area (Å²) in [5, 5.41) is 4.71. The first-order chi connectivity index (χ1) is 22.5. The zero-order valence-electron chi connectivity index (χ0n) is 27.0. The normalized spacial score (nSPS) is 22.2. The van der Waals surface area contributed by atoms with Gasteiger partial charge in [0.25, 0.3) is 11.8 Å². The number of para-hydroxylation sites is 3. The van der Waals surface area contributed by atoms with E-state index in [4.69, 9.17) is 9.57 Å². The second kappa shape index (κ2) is 11.3. The highest BCUT2D eigenvalue weighted by Crippen LogP contribution is 2.65. The van der Waals surface area contributed by atoms with Gasteiger partial charge in [0.2, 0.25) is 5.79 Å². The molecule has 0 unspecified atom stereocenters. The number of ether oxygens (including phenoxy) is 1. The molecule has 12 nitrogen and oxygen atoms in total. The Balaban J connectivity index is 0.000000230. The topological polar surface area (TPSA) is 143 Å². The number of hydrogen-bond acceptors (Lipinski definition) is 9. The van der Waals surface area contributed by atoms with Crippen LogP contribution in [0.1, 0.15) is 48.2 Å². The number of carbonyl (C=O) groups excluding carboxylic acids is 3. The van der Waals surface area contributed by atoms with Gasteiger partial charge < -0.3 is 15.0 Å². The molecule has 0 saturated carbocycles. The molecule has 2 aromatic carbocycles. The van der Waals surface area contributed by atoms with E-state index in [-0.39, 0.29) is 17.2 Å². The van der Waals surface area contributed by atoms with Crippen molar-refractivity contribution in [3.8, 4) is 0 Å². The molecule has 1 saturated heterocycles. The molecule has 2 N–H and O–H groups in total. The molecule has 240 valence electrons. The zero-order chi connectivity index (χ0) is 33.7. The van der Waals surface area contributed by atoms with Crippen molar-refractivity contribution in [3.63, 3.8) is 0 Å². The van der Waals surface area contributed by atoms with E-state index in [0.717, 1.165) is 22.3 Å². The van der Waals surface area contributed by atoms with Gasteiger partial charge >= 0.3 is 0 Å². The molecular weight excluding hydrogens is 598 g/mol. The Hall–Kier alpha value is -5.62. The number of ketones is 1. The molecule has 1 spiro atoms. The van der Waals surface area contributed by atoms with Crippen molar-refractivity contribution in [2.75, 3.05) is 19.3 Å². The van der Waals surface area contributed by atoms with Crippen molar-refractivity contribution >= 4 is 40.4 Å². The van der Waals surface area contributed by atoms with Crippen molar-refractivity contribution in [1.82, 2.24) is 30.2 Å². The number of benzene rings is 2. The number of allylic oxidation sites excluding steroid dienone is 1. The molecule has 2 aromatic heterocycles. The third-order valence-electron chi connectivity index (χ3n) is 9.06. The molecule has 2 atom stereocenters. The fourth-order valence-electron chi connectivity index (χ4n) is 6.85. The number of Topliss-reactive ketones (excluding diaryl/α,β-unsaturated/α-hetero) is 1. The number of hydroxylamine groups is 1. The molecule has 0 radical (unpaired) electrons. The second-order valence-electron chi connectivity index (χ2n) is 11.9. The molecule has 5 heterocycles. The summed E-state index contributed by atoms with van der Waals surface area (Å²) in [6.07, 6.45) is 8.29. The molecule has 3 aliphatic heterocycles. The Labute approximate surface area is 271 Å². The minimum Gasteiger partial charge on any atom is -0.491 e. The summed E-state index contributed by atoms with van der Waals surface area (Å²) in [6, 6.07) is 15.2. The number of rotatable bonds is 6. The first kappa shape index (κ1) is 31.4. The Bertz CT molecular complexity index is 2000. The van der Waals surface area contributed by atoms with Gasteiger partial charge in [-0.05, 0) is 42.8 Å². The number of methoxy groups -OCH3 is 1. The number of aromatic amines is 1. The number of aromatic nitrogens is 4. The summed E-state index contributed by atoms with van der Waals surface area (Å²) in [5.74, 6) is -2.25. The lowest BCUT2D eigenvalue weighted by atomic mass is 9.57. The van der Waals surface area contributed by atoms with Crippen molar-refractivity contribution in [2.24, 2.45) is 5.41 Å². The van der Waals surface area contributed by atoms with Crippen LogP contribution in [0, 0.1) is 12.3 Å². The molecule has 7 rings (SSSR count). The lowest BCUT2D eigenvalue weighted by Gasteiger charge is -2.56. The third kappa shape index (κ3) is 4.39. The van der Waals surface area contributed by atoms with Gasteiger partial charge in [-0.3, -0.25) is 24.1 Å². The quantitative estimate of drug-likeness (QED) is 0.177. The van der Waals surface area contributed by atoms with Gasteiger partial charge in [-0.25, -0.2) is 20.0 Å². The summed E-state index contributed by atoms with van der Waals surface area (Å²) in [5.41, 5.74) is 3.38. The van der Waals surface area contributed by atoms with Crippen molar-refractivity contribution in [2.45, 2.75) is 38.9 Å². The Morgan fingerprint density at radius 2 is 1.72 bits per heavy atom. The number of nitrogens with one attached hydrogen (secondary N) is 2. The van der Waals surface area contributed by atoms with Crippen LogP contribution in [0.2, 0.25) is 0 Å². The van der Waals surface area contributed by atoms with E-state index in [1.165, 1.54) is 32.4 Å². The van der Waals surface area contributed by atoms with Crippen LogP contribution in [0.15, 0.2) is 91.2 Å². The van der Waals surface area contributed by atoms with Gasteiger partial charge in [-0.15, -0.1) is 6.58 Å². The lowest BCUT2D eigenvalue weighted by Crippen LogP contribution is -2.76. The summed E-state index contributed by atoms with van der Waals surface area (Å²) in [4.78, 5) is 61.4. The van der Waals surface area contributed by atoms with Crippen LogP contribution in [0.4, 0.5) is 5.69 Å². The fraction of sp³-hybridized carbons (Fsp3) is 0.257. The van der Waals surface area contributed by atoms with Crippen LogP contribution >= 0.6 is 0 Å². The fourth-order valence-corrected chi connectivity index (χ4v) is 6.85. The van der Waals surface area contributed by atoms with E-state index in [2.05, 4.69) is 31.8 Å². The highest BCUT2D eigenvalue weighted by molar-refractivity contribution is 6.10. The number of aryl methyl sites for hydroxylation is 1. The molecule has 0 aliphatic carbocycles. The minimum absolute atomic E-state index is 0.0410. The van der Waals surface area contributed by atoms with Gasteiger partial charge in [0, 0.05) is 12.3 Å². The standard InChI is InChI=1S/C24H25N5O4.C11H10N2O/c1-6-22(2,3)23-12-19(32-4)21(31)28-18(11-15-13-25-14-26-15)20(30)27-24(23,28)29(33-5)17-10-8-7-9-16(17)23;1-7-11(8(2)14)13-10-6-4-3-5-9(10)12-7/h6-14H,1H2,2-5H3,(H,25,26)(H,27,30);3-6H,1-2H3/b18-11+;/t23-,24-;/m1./s1. The summed E-state index contributed by atoms with van der Waals surface area (Å²) in [6.45, 7) is 11.4. The minimum atomic E-state index is -1.44. The maximum Gasteiger partial charge on any atom is 0.296 e.